The first-order valence-electron chi connectivity index (χ1n) is 8.78. The van der Waals surface area contributed by atoms with E-state index in [2.05, 4.69) is 51.6 Å². The van der Waals surface area contributed by atoms with Crippen molar-refractivity contribution in [1.29, 1.82) is 0 Å². The number of halogens is 1. The van der Waals surface area contributed by atoms with E-state index < -0.39 is 0 Å². The number of aromatic amines is 1. The van der Waals surface area contributed by atoms with Gasteiger partial charge in [0.2, 0.25) is 5.89 Å². The Morgan fingerprint density at radius 1 is 1.07 bits per heavy atom. The molecule has 0 radical (unpaired) electrons. The Morgan fingerprint density at radius 2 is 1.86 bits per heavy atom. The Bertz CT molecular complexity index is 1040. The van der Waals surface area contributed by atoms with Crippen molar-refractivity contribution in [1.82, 2.24) is 15.2 Å². The van der Waals surface area contributed by atoms with Crippen molar-refractivity contribution in [2.75, 3.05) is 5.75 Å². The van der Waals surface area contributed by atoms with E-state index in [0.717, 1.165) is 16.8 Å². The first kappa shape index (κ1) is 20.2. The molecule has 3 N–H and O–H groups in total. The van der Waals surface area contributed by atoms with Gasteiger partial charge < -0.3 is 15.1 Å². The first-order chi connectivity index (χ1) is 13.3. The van der Waals surface area contributed by atoms with Gasteiger partial charge in [-0.15, -0.1) is 22.6 Å². The predicted molar refractivity (Wildman–Crippen MR) is 117 cm³/mol. The molecule has 0 saturated carbocycles. The van der Waals surface area contributed by atoms with Crippen LogP contribution in [0.1, 0.15) is 23.1 Å². The van der Waals surface area contributed by atoms with Crippen LogP contribution >= 0.6 is 24.2 Å². The van der Waals surface area contributed by atoms with E-state index in [1.54, 1.807) is 0 Å². The van der Waals surface area contributed by atoms with Crippen LogP contribution in [0.25, 0.3) is 17.0 Å². The van der Waals surface area contributed by atoms with Crippen LogP contribution in [-0.2, 0) is 6.42 Å². The summed E-state index contributed by atoms with van der Waals surface area (Å²) in [6.07, 6.45) is 6.79. The smallest absolute Gasteiger partial charge is 0.276 e. The molecule has 0 bridgehead atoms. The monoisotopic (exact) mass is 412 g/mol. The highest BCUT2D eigenvalue weighted by Crippen LogP contribution is 2.24. The zero-order chi connectivity index (χ0) is 18.5. The quantitative estimate of drug-likeness (QED) is 0.416. The van der Waals surface area contributed by atoms with Crippen molar-refractivity contribution in [2.24, 2.45) is 5.73 Å². The van der Waals surface area contributed by atoms with Gasteiger partial charge in [0.25, 0.3) is 5.22 Å². The Balaban J connectivity index is 0.00000225. The summed E-state index contributed by atoms with van der Waals surface area (Å²) in [6.45, 7) is 0. The summed E-state index contributed by atoms with van der Waals surface area (Å²) in [5.41, 5.74) is 9.71. The minimum Gasteiger partial charge on any atom is -0.414 e. The van der Waals surface area contributed by atoms with E-state index >= 15 is 0 Å². The molecule has 0 aliphatic heterocycles. The van der Waals surface area contributed by atoms with Gasteiger partial charge in [-0.1, -0.05) is 72.4 Å². The number of rotatable bonds is 7. The maximum absolute atomic E-state index is 6.29. The molecule has 2 aromatic heterocycles. The molecule has 0 aliphatic carbocycles. The van der Waals surface area contributed by atoms with Crippen LogP contribution in [-0.4, -0.2) is 20.9 Å². The number of nitrogens with zero attached hydrogens (tertiary/aromatic N) is 2. The molecule has 4 aromatic rings. The lowest BCUT2D eigenvalue weighted by molar-refractivity contribution is 0.386. The lowest BCUT2D eigenvalue weighted by atomic mass is 10.1. The zero-order valence-electron chi connectivity index (χ0n) is 15.1. The van der Waals surface area contributed by atoms with Gasteiger partial charge in [0.05, 0.1) is 6.04 Å². The molecule has 1 atom stereocenters. The highest BCUT2D eigenvalue weighted by atomic mass is 35.5. The maximum atomic E-state index is 6.29. The number of benzene rings is 2. The van der Waals surface area contributed by atoms with E-state index in [9.17, 15) is 0 Å². The van der Waals surface area contributed by atoms with Crippen LogP contribution in [0.3, 0.4) is 0 Å². The van der Waals surface area contributed by atoms with E-state index in [1.807, 2.05) is 36.5 Å². The number of aromatic nitrogens is 3. The topological polar surface area (TPSA) is 80.7 Å². The number of para-hydroxylation sites is 1. The van der Waals surface area contributed by atoms with Gasteiger partial charge in [-0.25, -0.2) is 0 Å². The second kappa shape index (κ2) is 9.59. The number of thioether (sulfide) groups is 1. The van der Waals surface area contributed by atoms with Crippen LogP contribution in [0.2, 0.25) is 0 Å². The first-order valence-corrected chi connectivity index (χ1v) is 9.76. The van der Waals surface area contributed by atoms with E-state index in [4.69, 9.17) is 10.2 Å². The molecule has 0 saturated heterocycles. The molecule has 2 aromatic carbocycles. The maximum Gasteiger partial charge on any atom is 0.276 e. The average molecular weight is 413 g/mol. The van der Waals surface area contributed by atoms with Crippen molar-refractivity contribution in [3.05, 3.63) is 83.9 Å². The Kier molecular flexibility index (Phi) is 6.92. The van der Waals surface area contributed by atoms with E-state index in [-0.39, 0.29) is 18.4 Å². The predicted octanol–water partition coefficient (Wildman–Crippen LogP) is 5.02. The number of fused-ring (bicyclic) bond motifs is 1. The van der Waals surface area contributed by atoms with E-state index in [0.29, 0.717) is 17.5 Å². The third kappa shape index (κ3) is 4.84. The lowest BCUT2D eigenvalue weighted by Crippen LogP contribution is -2.13. The Labute approximate surface area is 173 Å². The van der Waals surface area contributed by atoms with Crippen molar-refractivity contribution in [3.63, 3.8) is 0 Å². The highest BCUT2D eigenvalue weighted by molar-refractivity contribution is 7.99. The van der Waals surface area contributed by atoms with Gasteiger partial charge in [0.1, 0.15) is 0 Å². The molecule has 4 rings (SSSR count). The molecule has 0 aliphatic rings. The number of nitrogens with one attached hydrogen (secondary N) is 1. The van der Waals surface area contributed by atoms with E-state index in [1.165, 1.54) is 22.7 Å². The second-order valence-electron chi connectivity index (χ2n) is 6.20. The van der Waals surface area contributed by atoms with Gasteiger partial charge >= 0.3 is 0 Å². The summed E-state index contributed by atoms with van der Waals surface area (Å²) in [7, 11) is 0. The Morgan fingerprint density at radius 3 is 2.71 bits per heavy atom. The molecule has 0 amide bonds. The minimum atomic E-state index is -0.328. The van der Waals surface area contributed by atoms with Crippen molar-refractivity contribution < 1.29 is 4.42 Å². The van der Waals surface area contributed by atoms with Crippen LogP contribution in [0.15, 0.2) is 76.5 Å². The molecule has 7 heteroatoms. The van der Waals surface area contributed by atoms with Crippen LogP contribution in [0.4, 0.5) is 0 Å². The summed E-state index contributed by atoms with van der Waals surface area (Å²) in [4.78, 5) is 3.26. The molecule has 0 fully saturated rings. The zero-order valence-corrected chi connectivity index (χ0v) is 16.7. The minimum absolute atomic E-state index is 0. The largest absolute Gasteiger partial charge is 0.414 e. The summed E-state index contributed by atoms with van der Waals surface area (Å²) >= 11 is 1.50. The molecule has 2 heterocycles. The summed E-state index contributed by atoms with van der Waals surface area (Å²) < 4.78 is 5.73. The SMILES string of the molecule is Cl.NC(Cc1c[nH]c2ccccc12)c1nnc(SC/C=C/c2ccccc2)o1. The summed E-state index contributed by atoms with van der Waals surface area (Å²) in [6, 6.07) is 18.0. The van der Waals surface area contributed by atoms with Gasteiger partial charge in [-0.3, -0.25) is 0 Å². The molecular weight excluding hydrogens is 392 g/mol. The number of hydrogen-bond donors (Lipinski definition) is 2. The Hall–Kier alpha value is -2.54. The van der Waals surface area contributed by atoms with Gasteiger partial charge in [0, 0.05) is 22.9 Å². The highest BCUT2D eigenvalue weighted by Gasteiger charge is 2.17. The fourth-order valence-electron chi connectivity index (χ4n) is 2.92. The molecule has 5 nitrogen and oxygen atoms in total. The summed E-state index contributed by atoms with van der Waals surface area (Å²) in [5.74, 6) is 1.23. The second-order valence-corrected chi connectivity index (χ2v) is 7.17. The molecule has 0 spiro atoms. The van der Waals surface area contributed by atoms with Crippen molar-refractivity contribution in [2.45, 2.75) is 17.7 Å². The standard InChI is InChI=1S/C21H20N4OS.ClH/c22-18(13-16-14-23-19-11-5-4-10-17(16)19)20-24-25-21(26-20)27-12-6-9-15-7-2-1-3-8-15;/h1-11,14,18,23H,12-13,22H2;1H/b9-6+;. The van der Waals surface area contributed by atoms with Crippen molar-refractivity contribution in [3.8, 4) is 0 Å². The van der Waals surface area contributed by atoms with Crippen LogP contribution < -0.4 is 5.73 Å². The third-order valence-electron chi connectivity index (χ3n) is 4.27. The van der Waals surface area contributed by atoms with Crippen LogP contribution in [0, 0.1) is 0 Å². The molecular formula is C21H21ClN4OS. The number of hydrogen-bond acceptors (Lipinski definition) is 5. The third-order valence-corrected chi connectivity index (χ3v) is 5.04. The normalized spacial score (nSPS) is 12.3. The number of H-pyrrole nitrogens is 1. The number of nitrogens with two attached hydrogens (primary N) is 1. The fraction of sp³-hybridized carbons (Fsp3) is 0.143. The lowest BCUT2D eigenvalue weighted by Gasteiger charge is -2.05. The van der Waals surface area contributed by atoms with Gasteiger partial charge in [-0.05, 0) is 23.6 Å². The molecule has 28 heavy (non-hydrogen) atoms. The van der Waals surface area contributed by atoms with Crippen molar-refractivity contribution >= 4 is 41.1 Å². The fourth-order valence-corrected chi connectivity index (χ4v) is 3.50. The molecule has 144 valence electrons. The van der Waals surface area contributed by atoms with Gasteiger partial charge in [-0.2, -0.15) is 0 Å². The average Bonchev–Trinajstić information content (AvgIpc) is 3.34. The molecule has 1 unspecified atom stereocenters. The van der Waals surface area contributed by atoms with Crippen LogP contribution in [0.5, 0.6) is 0 Å². The summed E-state index contributed by atoms with van der Waals surface area (Å²) in [5, 5.41) is 9.93. The van der Waals surface area contributed by atoms with Gasteiger partial charge in [0.15, 0.2) is 0 Å².